The summed E-state index contributed by atoms with van der Waals surface area (Å²) in [5, 5.41) is 3.38. The van der Waals surface area contributed by atoms with Gasteiger partial charge >= 0.3 is 5.97 Å². The molecule has 0 amide bonds. The van der Waals surface area contributed by atoms with Crippen LogP contribution in [0.2, 0.25) is 0 Å². The lowest BCUT2D eigenvalue weighted by Crippen LogP contribution is -2.56. The van der Waals surface area contributed by atoms with Crippen molar-refractivity contribution in [2.24, 2.45) is 0 Å². The smallest absolute Gasteiger partial charge is 0.325 e. The van der Waals surface area contributed by atoms with E-state index in [4.69, 9.17) is 4.74 Å². The highest BCUT2D eigenvalue weighted by molar-refractivity contribution is 5.80. The van der Waals surface area contributed by atoms with Gasteiger partial charge in [-0.15, -0.1) is 0 Å². The first-order chi connectivity index (χ1) is 9.30. The minimum atomic E-state index is -0.616. The first kappa shape index (κ1) is 17.4. The lowest BCUT2D eigenvalue weighted by atomic mass is 9.91. The number of ether oxygens (including phenoxy) is 1. The molecule has 4 nitrogen and oxygen atoms in total. The molecule has 0 aromatic rings. The van der Waals surface area contributed by atoms with Crippen LogP contribution in [0, 0.1) is 0 Å². The molecule has 2 atom stereocenters. The van der Waals surface area contributed by atoms with Gasteiger partial charge < -0.3 is 9.64 Å². The molecule has 20 heavy (non-hydrogen) atoms. The number of carbonyl (C=O) groups is 1. The second-order valence-electron chi connectivity index (χ2n) is 6.78. The molecule has 0 spiro atoms. The Morgan fingerprint density at radius 1 is 1.35 bits per heavy atom. The van der Waals surface area contributed by atoms with Crippen molar-refractivity contribution in [3.63, 3.8) is 0 Å². The Morgan fingerprint density at radius 2 is 1.90 bits per heavy atom. The van der Waals surface area contributed by atoms with Gasteiger partial charge in [-0.1, -0.05) is 12.8 Å². The Kier molecular flexibility index (Phi) is 6.46. The summed E-state index contributed by atoms with van der Waals surface area (Å²) in [5.41, 5.74) is -0.616. The molecule has 0 saturated heterocycles. The largest absolute Gasteiger partial charge is 0.468 e. The molecule has 0 aromatic heterocycles. The molecular formula is C16H32N2O2. The molecule has 1 aliphatic rings. The van der Waals surface area contributed by atoms with E-state index in [1.165, 1.54) is 32.8 Å². The second-order valence-corrected chi connectivity index (χ2v) is 6.78. The maximum atomic E-state index is 12.1. The number of carbonyl (C=O) groups excluding carboxylic acids is 1. The van der Waals surface area contributed by atoms with E-state index in [9.17, 15) is 4.79 Å². The van der Waals surface area contributed by atoms with Crippen molar-refractivity contribution in [2.75, 3.05) is 14.2 Å². The third-order valence-corrected chi connectivity index (χ3v) is 4.54. The Balaban J connectivity index is 2.70. The van der Waals surface area contributed by atoms with E-state index >= 15 is 0 Å². The molecule has 1 fully saturated rings. The van der Waals surface area contributed by atoms with E-state index in [2.05, 4.69) is 38.0 Å². The molecule has 0 heterocycles. The summed E-state index contributed by atoms with van der Waals surface area (Å²) in [6, 6.07) is 1.28. The van der Waals surface area contributed by atoms with Gasteiger partial charge in [0.25, 0.3) is 0 Å². The summed E-state index contributed by atoms with van der Waals surface area (Å²) in [7, 11) is 3.65. The fraction of sp³-hybridized carbons (Fsp3) is 0.938. The van der Waals surface area contributed by atoms with Gasteiger partial charge in [0.05, 0.1) is 7.11 Å². The summed E-state index contributed by atoms with van der Waals surface area (Å²) in [6.07, 6.45) is 6.01. The highest BCUT2D eigenvalue weighted by Crippen LogP contribution is 2.27. The zero-order valence-corrected chi connectivity index (χ0v) is 14.0. The molecule has 0 radical (unpaired) electrons. The minimum Gasteiger partial charge on any atom is -0.468 e. The third-order valence-electron chi connectivity index (χ3n) is 4.54. The molecule has 0 aromatic carbocycles. The molecule has 0 bridgehead atoms. The van der Waals surface area contributed by atoms with Crippen molar-refractivity contribution >= 4 is 5.97 Å². The fourth-order valence-electron chi connectivity index (χ4n) is 3.47. The average Bonchev–Trinajstić information content (AvgIpc) is 2.89. The van der Waals surface area contributed by atoms with Crippen LogP contribution in [0.25, 0.3) is 0 Å². The fourth-order valence-corrected chi connectivity index (χ4v) is 3.47. The van der Waals surface area contributed by atoms with E-state index in [0.717, 1.165) is 6.42 Å². The van der Waals surface area contributed by atoms with Gasteiger partial charge in [0, 0.05) is 18.1 Å². The SMILES string of the molecule is COC(=O)C(C)(CC(C)N(C)C1CCCC1)NC(C)C. The van der Waals surface area contributed by atoms with Crippen molar-refractivity contribution in [1.82, 2.24) is 10.2 Å². The minimum absolute atomic E-state index is 0.169. The van der Waals surface area contributed by atoms with Gasteiger partial charge in [0.15, 0.2) is 0 Å². The summed E-state index contributed by atoms with van der Waals surface area (Å²) in [6.45, 7) is 8.29. The Bertz CT molecular complexity index is 314. The standard InChI is InChI=1S/C16H32N2O2/c1-12(2)17-16(4,15(19)20-6)11-13(3)18(5)14-9-7-8-10-14/h12-14,17H,7-11H2,1-6H3. The van der Waals surface area contributed by atoms with E-state index in [1.54, 1.807) is 0 Å². The number of nitrogens with zero attached hydrogens (tertiary/aromatic N) is 1. The summed E-state index contributed by atoms with van der Waals surface area (Å²) < 4.78 is 5.00. The van der Waals surface area contributed by atoms with Gasteiger partial charge in [-0.05, 0) is 54.0 Å². The summed E-state index contributed by atoms with van der Waals surface area (Å²) in [5.74, 6) is -0.169. The number of hydrogen-bond donors (Lipinski definition) is 1. The lowest BCUT2D eigenvalue weighted by Gasteiger charge is -2.37. The first-order valence-corrected chi connectivity index (χ1v) is 7.88. The molecule has 4 heteroatoms. The van der Waals surface area contributed by atoms with Crippen molar-refractivity contribution in [3.8, 4) is 0 Å². The van der Waals surface area contributed by atoms with E-state index in [1.807, 2.05) is 6.92 Å². The average molecular weight is 284 g/mol. The predicted octanol–water partition coefficient (Wildman–Crippen LogP) is 2.57. The van der Waals surface area contributed by atoms with Gasteiger partial charge in [-0.25, -0.2) is 0 Å². The van der Waals surface area contributed by atoms with Crippen molar-refractivity contribution in [3.05, 3.63) is 0 Å². The van der Waals surface area contributed by atoms with Crippen LogP contribution in [0.3, 0.4) is 0 Å². The maximum absolute atomic E-state index is 12.1. The first-order valence-electron chi connectivity index (χ1n) is 7.88. The Morgan fingerprint density at radius 3 is 2.35 bits per heavy atom. The van der Waals surface area contributed by atoms with Crippen LogP contribution in [-0.2, 0) is 9.53 Å². The molecule has 2 unspecified atom stereocenters. The van der Waals surface area contributed by atoms with E-state index in [0.29, 0.717) is 12.1 Å². The maximum Gasteiger partial charge on any atom is 0.325 e. The molecule has 1 aliphatic carbocycles. The highest BCUT2D eigenvalue weighted by Gasteiger charge is 2.38. The predicted molar refractivity (Wildman–Crippen MR) is 82.8 cm³/mol. The highest BCUT2D eigenvalue weighted by atomic mass is 16.5. The van der Waals surface area contributed by atoms with Crippen molar-refractivity contribution < 1.29 is 9.53 Å². The van der Waals surface area contributed by atoms with E-state index in [-0.39, 0.29) is 12.0 Å². The molecule has 0 aliphatic heterocycles. The Hall–Kier alpha value is -0.610. The lowest BCUT2D eigenvalue weighted by molar-refractivity contribution is -0.149. The number of nitrogens with one attached hydrogen (secondary N) is 1. The van der Waals surface area contributed by atoms with Crippen LogP contribution in [-0.4, -0.2) is 48.7 Å². The van der Waals surface area contributed by atoms with Gasteiger partial charge in [0.2, 0.25) is 0 Å². The Labute approximate surface area is 124 Å². The quantitative estimate of drug-likeness (QED) is 0.730. The van der Waals surface area contributed by atoms with Gasteiger partial charge in [-0.3, -0.25) is 10.1 Å². The van der Waals surface area contributed by atoms with Gasteiger partial charge in [0.1, 0.15) is 5.54 Å². The summed E-state index contributed by atoms with van der Waals surface area (Å²) >= 11 is 0. The van der Waals surface area contributed by atoms with Crippen LogP contribution in [0.1, 0.15) is 59.8 Å². The van der Waals surface area contributed by atoms with E-state index < -0.39 is 5.54 Å². The molecular weight excluding hydrogens is 252 g/mol. The van der Waals surface area contributed by atoms with Crippen LogP contribution >= 0.6 is 0 Å². The normalized spacial score (nSPS) is 21.2. The van der Waals surface area contributed by atoms with Crippen LogP contribution in [0.5, 0.6) is 0 Å². The molecule has 1 rings (SSSR count). The second kappa shape index (κ2) is 7.41. The monoisotopic (exact) mass is 284 g/mol. The third kappa shape index (κ3) is 4.45. The zero-order chi connectivity index (χ0) is 15.3. The molecule has 118 valence electrons. The van der Waals surface area contributed by atoms with Crippen molar-refractivity contribution in [2.45, 2.75) is 83.5 Å². The van der Waals surface area contributed by atoms with Gasteiger partial charge in [-0.2, -0.15) is 0 Å². The number of hydrogen-bond acceptors (Lipinski definition) is 4. The number of methoxy groups -OCH3 is 1. The van der Waals surface area contributed by atoms with Crippen LogP contribution < -0.4 is 5.32 Å². The number of esters is 1. The van der Waals surface area contributed by atoms with Crippen LogP contribution in [0.4, 0.5) is 0 Å². The molecule has 1 saturated carbocycles. The van der Waals surface area contributed by atoms with Crippen LogP contribution in [0.15, 0.2) is 0 Å². The summed E-state index contributed by atoms with van der Waals surface area (Å²) in [4.78, 5) is 14.6. The topological polar surface area (TPSA) is 41.6 Å². The molecule has 1 N–H and O–H groups in total. The van der Waals surface area contributed by atoms with Crippen molar-refractivity contribution in [1.29, 1.82) is 0 Å². The number of rotatable bonds is 7. The zero-order valence-electron chi connectivity index (χ0n) is 14.0.